The number of halogens is 1. The standard InChI is InChI=1S/C16H20FNO2.C16H25NO/c17-14-3-1-2-12(9-14)13-6-7-18(10-13)15(16(19)20)8-11-4-5-11;1-13-3-6-15(7-4-13)16(18)8-5-14-9-11-17(2)12-10-14/h1-3,9,11,13,15H,4-8,10H2,(H,19,20);3-4,6-7,14,16,18H,5,8-12H2,1-2H3. The maximum Gasteiger partial charge on any atom is 0.320 e. The fraction of sp³-hybridized carbons (Fsp3) is 0.594. The smallest absolute Gasteiger partial charge is 0.320 e. The quantitative estimate of drug-likeness (QED) is 0.420. The highest BCUT2D eigenvalue weighted by molar-refractivity contribution is 5.73. The van der Waals surface area contributed by atoms with Gasteiger partial charge in [0.05, 0.1) is 6.10 Å². The molecule has 0 amide bonds. The lowest BCUT2D eigenvalue weighted by atomic mass is 9.90. The van der Waals surface area contributed by atoms with Gasteiger partial charge in [0, 0.05) is 6.54 Å². The number of aliphatic hydroxyl groups is 1. The van der Waals surface area contributed by atoms with Gasteiger partial charge in [0.15, 0.2) is 0 Å². The molecule has 2 aromatic rings. The van der Waals surface area contributed by atoms with Crippen LogP contribution in [0, 0.1) is 24.6 Å². The maximum atomic E-state index is 13.3. The Bertz CT molecular complexity index is 1020. The van der Waals surface area contributed by atoms with Gasteiger partial charge in [-0.05, 0) is 113 Å². The topological polar surface area (TPSA) is 64.0 Å². The predicted molar refractivity (Wildman–Crippen MR) is 150 cm³/mol. The SMILES string of the molecule is Cc1ccc(C(O)CCC2CCN(C)CC2)cc1.O=C(O)C(CC1CC1)N1CCC(c2cccc(F)c2)C1. The molecule has 0 radical (unpaired) electrons. The Hall–Kier alpha value is -2.28. The minimum atomic E-state index is -0.711. The van der Waals surface area contributed by atoms with Crippen LogP contribution in [-0.4, -0.2) is 65.3 Å². The molecule has 1 aliphatic carbocycles. The summed E-state index contributed by atoms with van der Waals surface area (Å²) in [6.45, 7) is 6.03. The van der Waals surface area contributed by atoms with E-state index in [9.17, 15) is 19.4 Å². The summed E-state index contributed by atoms with van der Waals surface area (Å²) in [6.07, 6.45) is 8.37. The summed E-state index contributed by atoms with van der Waals surface area (Å²) in [6, 6.07) is 14.6. The second-order valence-electron chi connectivity index (χ2n) is 11.8. The summed E-state index contributed by atoms with van der Waals surface area (Å²) in [7, 11) is 2.19. The lowest BCUT2D eigenvalue weighted by molar-refractivity contribution is -0.143. The molecule has 2 heterocycles. The summed E-state index contributed by atoms with van der Waals surface area (Å²) >= 11 is 0. The summed E-state index contributed by atoms with van der Waals surface area (Å²) in [5, 5.41) is 19.6. The van der Waals surface area contributed by atoms with E-state index in [-0.39, 0.29) is 23.9 Å². The molecule has 0 aromatic heterocycles. The second kappa shape index (κ2) is 13.7. The van der Waals surface area contributed by atoms with Crippen molar-refractivity contribution in [3.05, 3.63) is 71.0 Å². The van der Waals surface area contributed by atoms with Crippen LogP contribution in [0.2, 0.25) is 0 Å². The monoisotopic (exact) mass is 524 g/mol. The number of carboxylic acids is 1. The van der Waals surface area contributed by atoms with Gasteiger partial charge in [-0.1, -0.05) is 54.8 Å². The van der Waals surface area contributed by atoms with Gasteiger partial charge in [0.1, 0.15) is 11.9 Å². The lowest BCUT2D eigenvalue weighted by Gasteiger charge is -2.29. The summed E-state index contributed by atoms with van der Waals surface area (Å²) < 4.78 is 13.3. The zero-order valence-electron chi connectivity index (χ0n) is 23.1. The Labute approximate surface area is 227 Å². The number of hydrogen-bond donors (Lipinski definition) is 2. The van der Waals surface area contributed by atoms with E-state index >= 15 is 0 Å². The van der Waals surface area contributed by atoms with Crippen molar-refractivity contribution in [2.24, 2.45) is 11.8 Å². The van der Waals surface area contributed by atoms with Gasteiger partial charge in [-0.2, -0.15) is 0 Å². The van der Waals surface area contributed by atoms with E-state index < -0.39 is 5.97 Å². The Morgan fingerprint density at radius 3 is 2.34 bits per heavy atom. The molecule has 3 aliphatic rings. The van der Waals surface area contributed by atoms with Gasteiger partial charge in [-0.15, -0.1) is 0 Å². The third kappa shape index (κ3) is 8.62. The molecule has 38 heavy (non-hydrogen) atoms. The van der Waals surface area contributed by atoms with Gasteiger partial charge in [-0.25, -0.2) is 4.39 Å². The van der Waals surface area contributed by atoms with E-state index in [4.69, 9.17) is 0 Å². The second-order valence-corrected chi connectivity index (χ2v) is 11.8. The number of likely N-dealkylation sites (tertiary alicyclic amines) is 2. The minimum Gasteiger partial charge on any atom is -0.480 e. The molecule has 0 spiro atoms. The Kier molecular flexibility index (Phi) is 10.3. The average molecular weight is 525 g/mol. The van der Waals surface area contributed by atoms with Crippen LogP contribution < -0.4 is 0 Å². The van der Waals surface area contributed by atoms with E-state index in [0.717, 1.165) is 55.8 Å². The number of rotatable bonds is 9. The van der Waals surface area contributed by atoms with Crippen LogP contribution in [0.25, 0.3) is 0 Å². The summed E-state index contributed by atoms with van der Waals surface area (Å²) in [5.41, 5.74) is 3.30. The molecule has 2 saturated heterocycles. The number of piperidine rings is 1. The number of carboxylic acid groups (broad SMARTS) is 1. The molecular formula is C32H45FN2O3. The van der Waals surface area contributed by atoms with Gasteiger partial charge in [-0.3, -0.25) is 9.69 Å². The van der Waals surface area contributed by atoms with Gasteiger partial charge >= 0.3 is 5.97 Å². The summed E-state index contributed by atoms with van der Waals surface area (Å²) in [5.74, 6) is 0.739. The minimum absolute atomic E-state index is 0.214. The van der Waals surface area contributed by atoms with Crippen molar-refractivity contribution in [3.63, 3.8) is 0 Å². The predicted octanol–water partition coefficient (Wildman–Crippen LogP) is 6.02. The van der Waals surface area contributed by atoms with E-state index in [0.29, 0.717) is 5.92 Å². The molecule has 208 valence electrons. The zero-order valence-corrected chi connectivity index (χ0v) is 23.1. The average Bonchev–Trinajstić information content (AvgIpc) is 3.60. The van der Waals surface area contributed by atoms with Crippen molar-refractivity contribution in [3.8, 4) is 0 Å². The van der Waals surface area contributed by atoms with Crippen LogP contribution in [0.1, 0.15) is 80.1 Å². The Balaban J connectivity index is 0.000000178. The first-order valence-corrected chi connectivity index (χ1v) is 14.4. The van der Waals surface area contributed by atoms with Gasteiger partial charge in [0.2, 0.25) is 0 Å². The third-order valence-electron chi connectivity index (χ3n) is 8.67. The van der Waals surface area contributed by atoms with Crippen LogP contribution >= 0.6 is 0 Å². The van der Waals surface area contributed by atoms with Crippen molar-refractivity contribution in [1.29, 1.82) is 0 Å². The molecule has 3 unspecified atom stereocenters. The number of hydrogen-bond acceptors (Lipinski definition) is 4. The van der Waals surface area contributed by atoms with Crippen molar-refractivity contribution in [2.45, 2.75) is 76.4 Å². The van der Waals surface area contributed by atoms with Crippen molar-refractivity contribution >= 4 is 5.97 Å². The van der Waals surface area contributed by atoms with Crippen molar-refractivity contribution < 1.29 is 19.4 Å². The molecule has 2 N–H and O–H groups in total. The van der Waals surface area contributed by atoms with E-state index in [1.54, 1.807) is 12.1 Å². The number of benzene rings is 2. The summed E-state index contributed by atoms with van der Waals surface area (Å²) in [4.78, 5) is 15.9. The first-order valence-electron chi connectivity index (χ1n) is 14.4. The molecule has 3 atom stereocenters. The van der Waals surface area contributed by atoms with E-state index in [2.05, 4.69) is 48.0 Å². The number of nitrogens with zero attached hydrogens (tertiary/aromatic N) is 2. The van der Waals surface area contributed by atoms with Gasteiger partial charge in [0.25, 0.3) is 0 Å². The zero-order chi connectivity index (χ0) is 27.1. The third-order valence-corrected chi connectivity index (χ3v) is 8.67. The number of aryl methyl sites for hydroxylation is 1. The van der Waals surface area contributed by atoms with Crippen LogP contribution in [0.3, 0.4) is 0 Å². The first kappa shape index (κ1) is 28.7. The fourth-order valence-corrected chi connectivity index (χ4v) is 5.88. The van der Waals surface area contributed by atoms with Gasteiger partial charge < -0.3 is 15.1 Å². The Morgan fingerprint density at radius 2 is 1.71 bits per heavy atom. The van der Waals surface area contributed by atoms with Crippen LogP contribution in [0.4, 0.5) is 4.39 Å². The molecule has 6 heteroatoms. The maximum absolute atomic E-state index is 13.3. The molecule has 3 fully saturated rings. The molecule has 5 rings (SSSR count). The lowest BCUT2D eigenvalue weighted by Crippen LogP contribution is -2.40. The van der Waals surface area contributed by atoms with Crippen molar-refractivity contribution in [1.82, 2.24) is 9.80 Å². The molecule has 0 bridgehead atoms. The highest BCUT2D eigenvalue weighted by atomic mass is 19.1. The highest BCUT2D eigenvalue weighted by Gasteiger charge is 2.37. The highest BCUT2D eigenvalue weighted by Crippen LogP contribution is 2.37. The molecule has 1 saturated carbocycles. The normalized spacial score (nSPS) is 22.5. The molecular weight excluding hydrogens is 479 g/mol. The number of aliphatic carboxylic acids is 1. The Morgan fingerprint density at radius 1 is 1.00 bits per heavy atom. The van der Waals surface area contributed by atoms with Crippen LogP contribution in [-0.2, 0) is 4.79 Å². The largest absolute Gasteiger partial charge is 0.480 e. The van der Waals surface area contributed by atoms with E-state index in [1.807, 2.05) is 6.07 Å². The van der Waals surface area contributed by atoms with Crippen LogP contribution in [0.15, 0.2) is 48.5 Å². The molecule has 2 aliphatic heterocycles. The number of carbonyl (C=O) groups is 1. The first-order chi connectivity index (χ1) is 18.3. The molecule has 5 nitrogen and oxygen atoms in total. The van der Waals surface area contributed by atoms with Crippen molar-refractivity contribution in [2.75, 3.05) is 33.2 Å². The fourth-order valence-electron chi connectivity index (χ4n) is 5.88. The molecule has 2 aromatic carbocycles. The van der Waals surface area contributed by atoms with Crippen LogP contribution in [0.5, 0.6) is 0 Å². The van der Waals surface area contributed by atoms with E-state index in [1.165, 1.54) is 50.4 Å². The number of aliphatic hydroxyl groups excluding tert-OH is 1.